The minimum Gasteiger partial charge on any atom is -0.478 e. The number of nitrogens with zero attached hydrogens (tertiary/aromatic N) is 1. The fourth-order valence-electron chi connectivity index (χ4n) is 1.49. The lowest BCUT2D eigenvalue weighted by Crippen LogP contribution is -2.08. The number of carbonyl (C=O) groups is 2. The molecular weight excluding hydrogens is 278 g/mol. The first-order valence-electron chi connectivity index (χ1n) is 4.28. The van der Waals surface area contributed by atoms with Crippen LogP contribution in [0.3, 0.4) is 0 Å². The van der Waals surface area contributed by atoms with E-state index in [0.717, 1.165) is 4.57 Å². The largest absolute Gasteiger partial charge is 0.478 e. The molecule has 16 heavy (non-hydrogen) atoms. The maximum absolute atomic E-state index is 11.0. The summed E-state index contributed by atoms with van der Waals surface area (Å²) in [7, 11) is 0. The molecule has 5 nitrogen and oxygen atoms in total. The van der Waals surface area contributed by atoms with Crippen molar-refractivity contribution in [3.8, 4) is 0 Å². The van der Waals surface area contributed by atoms with E-state index in [-0.39, 0.29) is 5.56 Å². The predicted molar refractivity (Wildman–Crippen MR) is 60.0 cm³/mol. The molecule has 1 aromatic carbocycles. The van der Waals surface area contributed by atoms with Gasteiger partial charge in [-0.2, -0.15) is 0 Å². The van der Waals surface area contributed by atoms with Crippen molar-refractivity contribution in [2.24, 2.45) is 0 Å². The molecule has 82 valence electrons. The Morgan fingerprint density at radius 2 is 1.88 bits per heavy atom. The number of halogens is 1. The van der Waals surface area contributed by atoms with Crippen molar-refractivity contribution in [1.82, 2.24) is 4.57 Å². The van der Waals surface area contributed by atoms with E-state index in [2.05, 4.69) is 15.9 Å². The summed E-state index contributed by atoms with van der Waals surface area (Å²) in [5, 5.41) is 18.4. The number of fused-ring (bicyclic) bond motifs is 1. The van der Waals surface area contributed by atoms with Crippen molar-refractivity contribution in [3.05, 3.63) is 34.4 Å². The Morgan fingerprint density at radius 1 is 1.19 bits per heavy atom. The lowest BCUT2D eigenvalue weighted by molar-refractivity contribution is 0.0697. The summed E-state index contributed by atoms with van der Waals surface area (Å²) < 4.78 is 1.36. The van der Waals surface area contributed by atoms with E-state index in [1.807, 2.05) is 0 Å². The molecule has 0 aliphatic heterocycles. The highest BCUT2D eigenvalue weighted by molar-refractivity contribution is 9.10. The molecule has 0 saturated heterocycles. The molecule has 0 radical (unpaired) electrons. The maximum atomic E-state index is 11.0. The smallest absolute Gasteiger partial charge is 0.416 e. The second-order valence-corrected chi connectivity index (χ2v) is 3.98. The van der Waals surface area contributed by atoms with Crippen molar-refractivity contribution < 1.29 is 19.8 Å². The number of rotatable bonds is 1. The van der Waals surface area contributed by atoms with Gasteiger partial charge in [-0.3, -0.25) is 0 Å². The summed E-state index contributed by atoms with van der Waals surface area (Å²) in [6.07, 6.45) is -1.16. The van der Waals surface area contributed by atoms with Crippen LogP contribution in [-0.2, 0) is 0 Å². The molecule has 0 bridgehead atoms. The molecule has 0 saturated carbocycles. The molecule has 2 rings (SSSR count). The number of hydrogen-bond donors (Lipinski definition) is 2. The third kappa shape index (κ3) is 1.57. The van der Waals surface area contributed by atoms with Gasteiger partial charge in [0, 0.05) is 5.39 Å². The highest BCUT2D eigenvalue weighted by Gasteiger charge is 2.14. The Labute approximate surface area is 98.0 Å². The molecular formula is C10H6BrNO4. The van der Waals surface area contributed by atoms with E-state index < -0.39 is 12.1 Å². The molecule has 0 amide bonds. The van der Waals surface area contributed by atoms with Gasteiger partial charge in [0.1, 0.15) is 0 Å². The lowest BCUT2D eigenvalue weighted by atomic mass is 10.2. The molecule has 0 aliphatic rings. The average Bonchev–Trinajstić information content (AvgIpc) is 2.51. The monoisotopic (exact) mass is 283 g/mol. The Balaban J connectivity index is 2.79. The van der Waals surface area contributed by atoms with Gasteiger partial charge in [0.15, 0.2) is 0 Å². The zero-order chi connectivity index (χ0) is 11.9. The van der Waals surface area contributed by atoms with Gasteiger partial charge in [-0.15, -0.1) is 0 Å². The van der Waals surface area contributed by atoms with Crippen LogP contribution in [0.2, 0.25) is 0 Å². The molecule has 0 atom stereocenters. The average molecular weight is 284 g/mol. The number of benzene rings is 1. The third-order valence-corrected chi connectivity index (χ3v) is 2.78. The number of hydrogen-bond acceptors (Lipinski definition) is 2. The fraction of sp³-hybridized carbons (Fsp3) is 0. The van der Waals surface area contributed by atoms with E-state index in [1.165, 1.54) is 12.1 Å². The van der Waals surface area contributed by atoms with Gasteiger partial charge in [0.25, 0.3) is 0 Å². The summed E-state index contributed by atoms with van der Waals surface area (Å²) in [6, 6.07) is 5.96. The first-order chi connectivity index (χ1) is 7.50. The third-order valence-electron chi connectivity index (χ3n) is 2.20. The Morgan fingerprint density at radius 3 is 2.44 bits per heavy atom. The molecule has 1 aromatic heterocycles. The number of aromatic carboxylic acids is 1. The van der Waals surface area contributed by atoms with Crippen molar-refractivity contribution >= 4 is 38.9 Å². The maximum Gasteiger partial charge on any atom is 0.416 e. The van der Waals surface area contributed by atoms with Crippen LogP contribution in [0, 0.1) is 0 Å². The van der Waals surface area contributed by atoms with Crippen molar-refractivity contribution in [2.45, 2.75) is 0 Å². The van der Waals surface area contributed by atoms with Crippen LogP contribution < -0.4 is 0 Å². The minimum absolute atomic E-state index is 0.0561. The topological polar surface area (TPSA) is 79.5 Å². The molecule has 2 N–H and O–H groups in total. The molecule has 0 unspecified atom stereocenters. The molecule has 2 aromatic rings. The van der Waals surface area contributed by atoms with Gasteiger partial charge in [0.2, 0.25) is 0 Å². The second kappa shape index (κ2) is 3.64. The van der Waals surface area contributed by atoms with Crippen molar-refractivity contribution in [3.63, 3.8) is 0 Å². The highest BCUT2D eigenvalue weighted by Crippen LogP contribution is 2.24. The summed E-state index contributed by atoms with van der Waals surface area (Å²) in [5.74, 6) is -1.09. The van der Waals surface area contributed by atoms with E-state index >= 15 is 0 Å². The van der Waals surface area contributed by atoms with E-state index in [1.54, 1.807) is 12.1 Å². The Bertz CT molecular complexity index is 602. The number of carboxylic acids is 1. The van der Waals surface area contributed by atoms with Crippen molar-refractivity contribution in [1.29, 1.82) is 0 Å². The number of carboxylic acid groups (broad SMARTS) is 2. The second-order valence-electron chi connectivity index (χ2n) is 3.16. The van der Waals surface area contributed by atoms with Gasteiger partial charge < -0.3 is 10.2 Å². The highest BCUT2D eigenvalue weighted by atomic mass is 79.9. The van der Waals surface area contributed by atoms with Gasteiger partial charge in [-0.1, -0.05) is 6.07 Å². The van der Waals surface area contributed by atoms with Gasteiger partial charge >= 0.3 is 12.1 Å². The SMILES string of the molecule is O=C(O)c1ccc2cc(Br)n(C(=O)O)c2c1. The van der Waals surface area contributed by atoms with Crippen LogP contribution in [0.5, 0.6) is 0 Å². The molecule has 6 heteroatoms. The molecule has 0 spiro atoms. The van der Waals surface area contributed by atoms with E-state index in [4.69, 9.17) is 10.2 Å². The van der Waals surface area contributed by atoms with Gasteiger partial charge in [-0.05, 0) is 34.1 Å². The fourth-order valence-corrected chi connectivity index (χ4v) is 2.08. The van der Waals surface area contributed by atoms with Gasteiger partial charge in [-0.25, -0.2) is 14.2 Å². The van der Waals surface area contributed by atoms with Gasteiger partial charge in [0.05, 0.1) is 15.7 Å². The molecule has 0 aliphatic carbocycles. The number of aromatic nitrogens is 1. The van der Waals surface area contributed by atoms with Crippen LogP contribution in [0.4, 0.5) is 4.79 Å². The summed E-state index contributed by atoms with van der Waals surface area (Å²) in [6.45, 7) is 0. The zero-order valence-electron chi connectivity index (χ0n) is 7.85. The standard InChI is InChI=1S/C10H6BrNO4/c11-8-4-5-1-2-6(9(13)14)3-7(5)12(8)10(15)16/h1-4H,(H,13,14)(H,15,16). The van der Waals surface area contributed by atoms with Crippen LogP contribution >= 0.6 is 15.9 Å². The van der Waals surface area contributed by atoms with Crippen LogP contribution in [-0.4, -0.2) is 26.8 Å². The summed E-state index contributed by atoms with van der Waals surface area (Å²) in [5.41, 5.74) is 0.403. The summed E-state index contributed by atoms with van der Waals surface area (Å²) >= 11 is 3.11. The van der Waals surface area contributed by atoms with Crippen LogP contribution in [0.15, 0.2) is 28.9 Å². The predicted octanol–water partition coefficient (Wildman–Crippen LogP) is 2.63. The Hall–Kier alpha value is -1.82. The van der Waals surface area contributed by atoms with E-state index in [0.29, 0.717) is 15.5 Å². The first-order valence-corrected chi connectivity index (χ1v) is 5.07. The van der Waals surface area contributed by atoms with Crippen LogP contribution in [0.1, 0.15) is 10.4 Å². The van der Waals surface area contributed by atoms with Crippen LogP contribution in [0.25, 0.3) is 10.9 Å². The van der Waals surface area contributed by atoms with E-state index in [9.17, 15) is 9.59 Å². The minimum atomic E-state index is -1.16. The molecule has 1 heterocycles. The summed E-state index contributed by atoms with van der Waals surface area (Å²) in [4.78, 5) is 21.7. The lowest BCUT2D eigenvalue weighted by Gasteiger charge is -2.00. The normalized spacial score (nSPS) is 10.6. The quantitative estimate of drug-likeness (QED) is 0.843. The first kappa shape index (κ1) is 10.7. The molecule has 0 fully saturated rings. The zero-order valence-corrected chi connectivity index (χ0v) is 9.43. The van der Waals surface area contributed by atoms with Crippen molar-refractivity contribution in [2.75, 3.05) is 0 Å². The Kier molecular flexibility index (Phi) is 2.43.